The van der Waals surface area contributed by atoms with E-state index in [4.69, 9.17) is 11.6 Å². The van der Waals surface area contributed by atoms with Crippen molar-refractivity contribution >= 4 is 33.4 Å². The maximum absolute atomic E-state index is 12.1. The molecule has 5 heteroatoms. The minimum absolute atomic E-state index is 0.105. The molecule has 1 amide bonds. The predicted molar refractivity (Wildman–Crippen MR) is 95.5 cm³/mol. The van der Waals surface area contributed by atoms with Gasteiger partial charge in [0.25, 0.3) is 5.91 Å². The summed E-state index contributed by atoms with van der Waals surface area (Å²) in [6, 6.07) is 5.32. The Morgan fingerprint density at radius 1 is 1.36 bits per heavy atom. The minimum Gasteiger partial charge on any atom is -0.352 e. The molecular formula is C17H24BrClN2O. The summed E-state index contributed by atoms with van der Waals surface area (Å²) >= 11 is 9.43. The molecule has 1 aromatic carbocycles. The van der Waals surface area contributed by atoms with Crippen LogP contribution in [0, 0.1) is 11.8 Å². The Hall–Kier alpha value is -0.580. The number of rotatable bonds is 5. The highest BCUT2D eigenvalue weighted by Gasteiger charge is 2.21. The molecule has 0 radical (unpaired) electrons. The van der Waals surface area contributed by atoms with Crippen LogP contribution in [0.4, 0.5) is 0 Å². The van der Waals surface area contributed by atoms with E-state index < -0.39 is 0 Å². The molecule has 1 fully saturated rings. The molecule has 2 rings (SSSR count). The second-order valence-corrected chi connectivity index (χ2v) is 7.76. The number of hydrogen-bond acceptors (Lipinski definition) is 2. The molecule has 122 valence electrons. The zero-order valence-corrected chi connectivity index (χ0v) is 15.6. The molecule has 1 aliphatic rings. The fourth-order valence-electron chi connectivity index (χ4n) is 3.25. The average molecular weight is 388 g/mol. The van der Waals surface area contributed by atoms with Crippen molar-refractivity contribution in [3.05, 3.63) is 33.3 Å². The van der Waals surface area contributed by atoms with E-state index in [1.165, 1.54) is 19.5 Å². The molecule has 1 aromatic rings. The van der Waals surface area contributed by atoms with E-state index in [-0.39, 0.29) is 5.91 Å². The Morgan fingerprint density at radius 2 is 2.05 bits per heavy atom. The minimum atomic E-state index is -0.105. The van der Waals surface area contributed by atoms with Crippen LogP contribution in [0.1, 0.15) is 37.0 Å². The molecule has 0 aromatic heterocycles. The van der Waals surface area contributed by atoms with Gasteiger partial charge < -0.3 is 10.2 Å². The Kier molecular flexibility index (Phi) is 6.72. The van der Waals surface area contributed by atoms with Crippen molar-refractivity contribution in [1.29, 1.82) is 0 Å². The molecule has 1 N–H and O–H groups in total. The molecule has 1 aliphatic heterocycles. The number of carbonyl (C=O) groups excluding carboxylic acids is 1. The Labute approximate surface area is 146 Å². The SMILES string of the molecule is C[C@H]1C[C@H](C)CN(CCCNC(=O)c2cc(Br)ccc2Cl)C1. The summed E-state index contributed by atoms with van der Waals surface area (Å²) in [6.45, 7) is 8.72. The maximum atomic E-state index is 12.1. The number of nitrogens with one attached hydrogen (secondary N) is 1. The summed E-state index contributed by atoms with van der Waals surface area (Å²) in [5.74, 6) is 1.45. The molecule has 22 heavy (non-hydrogen) atoms. The van der Waals surface area contributed by atoms with Gasteiger partial charge in [0.2, 0.25) is 0 Å². The molecule has 0 unspecified atom stereocenters. The molecule has 0 saturated carbocycles. The normalized spacial score (nSPS) is 22.5. The first-order valence-electron chi connectivity index (χ1n) is 7.91. The summed E-state index contributed by atoms with van der Waals surface area (Å²) in [4.78, 5) is 14.7. The van der Waals surface area contributed by atoms with Crippen LogP contribution in [0.2, 0.25) is 5.02 Å². The Balaban J connectivity index is 1.74. The third-order valence-electron chi connectivity index (χ3n) is 4.05. The monoisotopic (exact) mass is 386 g/mol. The molecule has 0 spiro atoms. The molecule has 2 atom stereocenters. The zero-order chi connectivity index (χ0) is 16.1. The van der Waals surface area contributed by atoms with E-state index in [1.54, 1.807) is 12.1 Å². The van der Waals surface area contributed by atoms with Gasteiger partial charge in [-0.15, -0.1) is 0 Å². The number of carbonyl (C=O) groups is 1. The lowest BCUT2D eigenvalue weighted by Gasteiger charge is -2.34. The number of nitrogens with zero attached hydrogens (tertiary/aromatic N) is 1. The van der Waals surface area contributed by atoms with Gasteiger partial charge in [-0.2, -0.15) is 0 Å². The van der Waals surface area contributed by atoms with Crippen molar-refractivity contribution in [2.24, 2.45) is 11.8 Å². The number of piperidine rings is 1. The first-order valence-corrected chi connectivity index (χ1v) is 9.08. The zero-order valence-electron chi connectivity index (χ0n) is 13.2. The van der Waals surface area contributed by atoms with Crippen LogP contribution in [0.25, 0.3) is 0 Å². The smallest absolute Gasteiger partial charge is 0.252 e. The summed E-state index contributed by atoms with van der Waals surface area (Å²) in [6.07, 6.45) is 2.30. The maximum Gasteiger partial charge on any atom is 0.252 e. The lowest BCUT2D eigenvalue weighted by molar-refractivity contribution is 0.0947. The summed E-state index contributed by atoms with van der Waals surface area (Å²) in [5, 5.41) is 3.44. The van der Waals surface area contributed by atoms with Crippen molar-refractivity contribution in [3.8, 4) is 0 Å². The van der Waals surface area contributed by atoms with Gasteiger partial charge in [-0.25, -0.2) is 0 Å². The van der Waals surface area contributed by atoms with Crippen molar-refractivity contribution in [1.82, 2.24) is 10.2 Å². The molecular weight excluding hydrogens is 364 g/mol. The Morgan fingerprint density at radius 3 is 2.73 bits per heavy atom. The van der Waals surface area contributed by atoms with E-state index >= 15 is 0 Å². The highest BCUT2D eigenvalue weighted by molar-refractivity contribution is 9.10. The summed E-state index contributed by atoms with van der Waals surface area (Å²) in [5.41, 5.74) is 0.524. The summed E-state index contributed by atoms with van der Waals surface area (Å²) in [7, 11) is 0. The fraction of sp³-hybridized carbons (Fsp3) is 0.588. The second-order valence-electron chi connectivity index (χ2n) is 6.44. The highest BCUT2D eigenvalue weighted by atomic mass is 79.9. The molecule has 1 heterocycles. The average Bonchev–Trinajstić information content (AvgIpc) is 2.45. The quantitative estimate of drug-likeness (QED) is 0.768. The standard InChI is InChI=1S/C17H24BrClN2O/c1-12-8-13(2)11-21(10-12)7-3-6-20-17(22)15-9-14(18)4-5-16(15)19/h4-5,9,12-13H,3,6-8,10-11H2,1-2H3,(H,20,22)/t12-,13-/m0/s1. The number of halogens is 2. The van der Waals surface area contributed by atoms with E-state index in [1.807, 2.05) is 6.07 Å². The lowest BCUT2D eigenvalue weighted by atomic mass is 9.92. The van der Waals surface area contributed by atoms with Gasteiger partial charge in [0.15, 0.2) is 0 Å². The van der Waals surface area contributed by atoms with Crippen LogP contribution in [-0.4, -0.2) is 37.0 Å². The largest absolute Gasteiger partial charge is 0.352 e. The predicted octanol–water partition coefficient (Wildman–Crippen LogP) is 4.20. The number of likely N-dealkylation sites (tertiary alicyclic amines) is 1. The van der Waals surface area contributed by atoms with Crippen LogP contribution < -0.4 is 5.32 Å². The fourth-order valence-corrected chi connectivity index (χ4v) is 3.81. The van der Waals surface area contributed by atoms with E-state index in [2.05, 4.69) is 40.0 Å². The van der Waals surface area contributed by atoms with Crippen molar-refractivity contribution in [3.63, 3.8) is 0 Å². The van der Waals surface area contributed by atoms with Gasteiger partial charge >= 0.3 is 0 Å². The number of hydrogen-bond donors (Lipinski definition) is 1. The van der Waals surface area contributed by atoms with Gasteiger partial charge in [0.05, 0.1) is 10.6 Å². The summed E-state index contributed by atoms with van der Waals surface area (Å²) < 4.78 is 0.860. The first-order chi connectivity index (χ1) is 10.5. The first kappa shape index (κ1) is 17.8. The molecule has 1 saturated heterocycles. The topological polar surface area (TPSA) is 32.3 Å². The van der Waals surface area contributed by atoms with Gasteiger partial charge in [0.1, 0.15) is 0 Å². The molecule has 0 bridgehead atoms. The lowest BCUT2D eigenvalue weighted by Crippen LogP contribution is -2.40. The highest BCUT2D eigenvalue weighted by Crippen LogP contribution is 2.22. The second kappa shape index (κ2) is 8.32. The van der Waals surface area contributed by atoms with Gasteiger partial charge in [-0.05, 0) is 49.4 Å². The van der Waals surface area contributed by atoms with Gasteiger partial charge in [-0.3, -0.25) is 4.79 Å². The van der Waals surface area contributed by atoms with Gasteiger partial charge in [-0.1, -0.05) is 41.4 Å². The van der Waals surface area contributed by atoms with Crippen molar-refractivity contribution in [2.45, 2.75) is 26.7 Å². The molecule has 3 nitrogen and oxygen atoms in total. The number of amides is 1. The van der Waals surface area contributed by atoms with Crippen LogP contribution >= 0.6 is 27.5 Å². The number of benzene rings is 1. The van der Waals surface area contributed by atoms with Crippen LogP contribution in [0.5, 0.6) is 0 Å². The van der Waals surface area contributed by atoms with E-state index in [0.29, 0.717) is 17.1 Å². The third-order valence-corrected chi connectivity index (χ3v) is 4.88. The van der Waals surface area contributed by atoms with Gasteiger partial charge in [0, 0.05) is 24.1 Å². The van der Waals surface area contributed by atoms with Crippen LogP contribution in [0.3, 0.4) is 0 Å². The van der Waals surface area contributed by atoms with E-state index in [9.17, 15) is 4.79 Å². The van der Waals surface area contributed by atoms with Crippen molar-refractivity contribution in [2.75, 3.05) is 26.2 Å². The third kappa shape index (κ3) is 5.25. The van der Waals surface area contributed by atoms with Crippen molar-refractivity contribution < 1.29 is 4.79 Å². The van der Waals surface area contributed by atoms with Crippen LogP contribution in [0.15, 0.2) is 22.7 Å². The molecule has 0 aliphatic carbocycles. The van der Waals surface area contributed by atoms with Crippen LogP contribution in [-0.2, 0) is 0 Å². The Bertz CT molecular complexity index is 513. The van der Waals surface area contributed by atoms with E-state index in [0.717, 1.165) is 29.3 Å².